The van der Waals surface area contributed by atoms with Crippen molar-refractivity contribution in [2.24, 2.45) is 0 Å². The zero-order valence-electron chi connectivity index (χ0n) is 19.0. The molecule has 2 aromatic rings. The van der Waals surface area contributed by atoms with E-state index in [1.54, 1.807) is 0 Å². The molecule has 0 unspecified atom stereocenters. The molecule has 0 saturated carbocycles. The van der Waals surface area contributed by atoms with Crippen LogP contribution in [0.2, 0.25) is 10.6 Å². The van der Waals surface area contributed by atoms with Gasteiger partial charge in [0.2, 0.25) is 0 Å². The standard InChI is InChI=1S/C24H28N2O6Se2/c1-31-23(29)19(13-17-9-5-3-6-10-17)25-21(27)15-33-34-16-22(28)26-20(24(30)32-2)14-18-11-7-4-8-12-18/h3-12,19-20H,13-16H2,1-2H3,(H,25,27)(H,26,28)/t19-,20+. The van der Waals surface area contributed by atoms with Gasteiger partial charge in [0.05, 0.1) is 0 Å². The number of methoxy groups -OCH3 is 2. The molecule has 2 amide bonds. The van der Waals surface area contributed by atoms with Crippen LogP contribution >= 0.6 is 0 Å². The molecule has 8 nitrogen and oxygen atoms in total. The minimum atomic E-state index is -0.759. The van der Waals surface area contributed by atoms with Crippen molar-refractivity contribution >= 4 is 50.0 Å². The van der Waals surface area contributed by atoms with Gasteiger partial charge in [-0.25, -0.2) is 0 Å². The number of rotatable bonds is 13. The van der Waals surface area contributed by atoms with Crippen molar-refractivity contribution in [3.8, 4) is 0 Å². The molecule has 0 bridgehead atoms. The van der Waals surface area contributed by atoms with E-state index in [2.05, 4.69) is 10.6 Å². The van der Waals surface area contributed by atoms with Crippen LogP contribution in [0.5, 0.6) is 0 Å². The van der Waals surface area contributed by atoms with Crippen molar-refractivity contribution in [2.75, 3.05) is 14.2 Å². The van der Waals surface area contributed by atoms with Crippen LogP contribution in [0, 0.1) is 0 Å². The number of carbonyl (C=O) groups is 4. The Hall–Kier alpha value is -2.64. The van der Waals surface area contributed by atoms with Gasteiger partial charge in [0.1, 0.15) is 0 Å². The number of ether oxygens (including phenoxy) is 2. The molecule has 0 aromatic heterocycles. The van der Waals surface area contributed by atoms with E-state index in [4.69, 9.17) is 9.47 Å². The monoisotopic (exact) mass is 600 g/mol. The predicted octanol–water partition coefficient (Wildman–Crippen LogP) is 0.947. The molecule has 0 aliphatic heterocycles. The fraction of sp³-hybridized carbons (Fsp3) is 0.333. The van der Waals surface area contributed by atoms with Crippen molar-refractivity contribution in [1.29, 1.82) is 0 Å². The van der Waals surface area contributed by atoms with Crippen LogP contribution in [-0.4, -0.2) is 76.3 Å². The average molecular weight is 598 g/mol. The van der Waals surface area contributed by atoms with Gasteiger partial charge in [-0.2, -0.15) is 0 Å². The van der Waals surface area contributed by atoms with Crippen LogP contribution in [0.4, 0.5) is 0 Å². The number of carbonyl (C=O) groups excluding carboxylic acids is 4. The van der Waals surface area contributed by atoms with Crippen LogP contribution < -0.4 is 10.6 Å². The molecule has 0 spiro atoms. The summed E-state index contributed by atoms with van der Waals surface area (Å²) in [7, 11) is 2.58. The number of amides is 2. The Morgan fingerprint density at radius 2 is 1.03 bits per heavy atom. The number of benzene rings is 2. The summed E-state index contributed by atoms with van der Waals surface area (Å²) in [6.45, 7) is 0. The second kappa shape index (κ2) is 15.3. The van der Waals surface area contributed by atoms with Gasteiger partial charge in [-0.1, -0.05) is 0 Å². The molecule has 2 N–H and O–H groups in total. The molecule has 0 aliphatic rings. The quantitative estimate of drug-likeness (QED) is 0.202. The zero-order valence-corrected chi connectivity index (χ0v) is 22.4. The summed E-state index contributed by atoms with van der Waals surface area (Å²) in [5.41, 5.74) is 1.83. The fourth-order valence-electron chi connectivity index (χ4n) is 3.03. The Bertz CT molecular complexity index is 865. The van der Waals surface area contributed by atoms with Crippen LogP contribution in [0.1, 0.15) is 11.1 Å². The van der Waals surface area contributed by atoms with Crippen molar-refractivity contribution in [3.05, 3.63) is 71.8 Å². The summed E-state index contributed by atoms with van der Waals surface area (Å²) in [6, 6.07) is 17.2. The third kappa shape index (κ3) is 10.1. The summed E-state index contributed by atoms with van der Waals surface area (Å²) < 4.78 is 9.63. The predicted molar refractivity (Wildman–Crippen MR) is 129 cm³/mol. The van der Waals surface area contributed by atoms with Gasteiger partial charge < -0.3 is 0 Å². The summed E-state index contributed by atoms with van der Waals surface area (Å²) in [5, 5.41) is 5.99. The Kier molecular flexibility index (Phi) is 12.4. The first-order valence-corrected chi connectivity index (χ1v) is 17.2. The topological polar surface area (TPSA) is 111 Å². The summed E-state index contributed by atoms with van der Waals surface area (Å²) in [4.78, 5) is 48.9. The minimum absolute atomic E-state index is 0.0813. The number of esters is 2. The summed E-state index contributed by atoms with van der Waals surface area (Å²) in [6.07, 6.45) is 0.687. The van der Waals surface area contributed by atoms with Crippen LogP contribution in [-0.2, 0) is 41.5 Å². The van der Waals surface area contributed by atoms with E-state index < -0.39 is 24.0 Å². The van der Waals surface area contributed by atoms with Crippen molar-refractivity contribution < 1.29 is 28.7 Å². The van der Waals surface area contributed by atoms with Gasteiger partial charge in [0, 0.05) is 0 Å². The Labute approximate surface area is 210 Å². The van der Waals surface area contributed by atoms with E-state index in [0.29, 0.717) is 12.8 Å². The Morgan fingerprint density at radius 1 is 0.676 bits per heavy atom. The molecule has 0 aliphatic carbocycles. The van der Waals surface area contributed by atoms with E-state index in [1.807, 2.05) is 60.7 Å². The van der Waals surface area contributed by atoms with Gasteiger partial charge in [0.15, 0.2) is 0 Å². The third-order valence-corrected chi connectivity index (χ3v) is 11.0. The second-order valence-electron chi connectivity index (χ2n) is 7.19. The van der Waals surface area contributed by atoms with E-state index in [9.17, 15) is 19.2 Å². The first-order valence-electron chi connectivity index (χ1n) is 10.5. The molecule has 0 saturated heterocycles. The Morgan fingerprint density at radius 3 is 1.35 bits per heavy atom. The van der Waals surface area contributed by atoms with Crippen LogP contribution in [0.25, 0.3) is 0 Å². The Balaban J connectivity index is 1.76. The van der Waals surface area contributed by atoms with Crippen molar-refractivity contribution in [3.63, 3.8) is 0 Å². The van der Waals surface area contributed by atoms with Gasteiger partial charge in [0.25, 0.3) is 0 Å². The average Bonchev–Trinajstić information content (AvgIpc) is 2.86. The first kappa shape index (κ1) is 27.6. The SMILES string of the molecule is COC(=O)[C@H](Cc1ccccc1)NC(=O)C[Se][Se]CC(=O)N[C@H](Cc1ccccc1)C(=O)OC. The summed E-state index contributed by atoms with van der Waals surface area (Å²) in [5.74, 6) is -1.49. The number of hydrogen-bond donors (Lipinski definition) is 2. The van der Waals surface area contributed by atoms with E-state index in [-0.39, 0.29) is 48.7 Å². The number of nitrogens with one attached hydrogen (secondary N) is 2. The van der Waals surface area contributed by atoms with Crippen molar-refractivity contribution in [1.82, 2.24) is 10.6 Å². The van der Waals surface area contributed by atoms with E-state index >= 15 is 0 Å². The molecule has 34 heavy (non-hydrogen) atoms. The molecule has 182 valence electrons. The van der Waals surface area contributed by atoms with Gasteiger partial charge in [-0.05, 0) is 0 Å². The molecular formula is C24H28N2O6Se2. The maximum absolute atomic E-state index is 12.4. The third-order valence-electron chi connectivity index (χ3n) is 4.67. The normalized spacial score (nSPS) is 12.2. The zero-order chi connectivity index (χ0) is 24.8. The molecule has 2 aromatic carbocycles. The second-order valence-corrected chi connectivity index (χ2v) is 14.5. The van der Waals surface area contributed by atoms with Crippen LogP contribution in [0.15, 0.2) is 60.7 Å². The van der Waals surface area contributed by atoms with Gasteiger partial charge >= 0.3 is 211 Å². The first-order chi connectivity index (χ1) is 16.4. The van der Waals surface area contributed by atoms with E-state index in [1.165, 1.54) is 14.2 Å². The molecule has 0 heterocycles. The molecule has 0 fully saturated rings. The van der Waals surface area contributed by atoms with Gasteiger partial charge in [-0.3, -0.25) is 0 Å². The molecular weight excluding hydrogens is 570 g/mol. The number of hydrogen-bond acceptors (Lipinski definition) is 6. The van der Waals surface area contributed by atoms with E-state index in [0.717, 1.165) is 11.1 Å². The molecule has 0 radical (unpaired) electrons. The van der Waals surface area contributed by atoms with Gasteiger partial charge in [-0.15, -0.1) is 0 Å². The summed E-state index contributed by atoms with van der Waals surface area (Å²) >= 11 is -0.163. The molecule has 2 atom stereocenters. The fourth-order valence-corrected chi connectivity index (χ4v) is 8.33. The van der Waals surface area contributed by atoms with Crippen LogP contribution in [0.3, 0.4) is 0 Å². The molecule has 10 heteroatoms. The molecule has 2 rings (SSSR count). The van der Waals surface area contributed by atoms with Crippen molar-refractivity contribution in [2.45, 2.75) is 35.6 Å². The maximum atomic E-state index is 12.4.